The minimum atomic E-state index is -0.165. The van der Waals surface area contributed by atoms with Crippen LogP contribution in [0.1, 0.15) is 37.7 Å². The summed E-state index contributed by atoms with van der Waals surface area (Å²) in [6.07, 6.45) is 6.19. The van der Waals surface area contributed by atoms with Crippen LogP contribution < -0.4 is 16.4 Å². The van der Waals surface area contributed by atoms with E-state index in [0.717, 1.165) is 29.2 Å². The van der Waals surface area contributed by atoms with Gasteiger partial charge in [0.25, 0.3) is 0 Å². The smallest absolute Gasteiger partial charge is 0.239 e. The maximum absolute atomic E-state index is 12.3. The summed E-state index contributed by atoms with van der Waals surface area (Å²) in [6, 6.07) is 13.9. The zero-order chi connectivity index (χ0) is 19.1. The molecule has 2 aromatic carbocycles. The molecule has 0 spiro atoms. The minimum Gasteiger partial charge on any atom is -0.350 e. The van der Waals surface area contributed by atoms with Crippen molar-refractivity contribution in [2.24, 2.45) is 11.7 Å². The molecule has 5 nitrogen and oxygen atoms in total. The van der Waals surface area contributed by atoms with Crippen molar-refractivity contribution in [2.45, 2.75) is 44.6 Å². The normalized spacial score (nSPS) is 16.0. The van der Waals surface area contributed by atoms with Gasteiger partial charge in [-0.2, -0.15) is 0 Å². The van der Waals surface area contributed by atoms with Gasteiger partial charge in [-0.1, -0.05) is 61.7 Å². The molecule has 1 atom stereocenters. The lowest BCUT2D eigenvalue weighted by molar-refractivity contribution is -0.126. The second-order valence-corrected chi connectivity index (χ2v) is 7.40. The molecule has 0 aliphatic heterocycles. The quantitative estimate of drug-likeness (QED) is 0.703. The van der Waals surface area contributed by atoms with Gasteiger partial charge in [0, 0.05) is 12.6 Å². The molecule has 1 saturated carbocycles. The van der Waals surface area contributed by atoms with Gasteiger partial charge in [-0.3, -0.25) is 9.59 Å². The molecule has 2 amide bonds. The summed E-state index contributed by atoms with van der Waals surface area (Å²) >= 11 is 0. The van der Waals surface area contributed by atoms with E-state index in [9.17, 15) is 9.59 Å². The first-order valence-corrected chi connectivity index (χ1v) is 9.90. The fourth-order valence-corrected chi connectivity index (χ4v) is 4.02. The summed E-state index contributed by atoms with van der Waals surface area (Å²) in [4.78, 5) is 24.5. The Morgan fingerprint density at radius 3 is 2.52 bits per heavy atom. The van der Waals surface area contributed by atoms with Crippen LogP contribution in [0.25, 0.3) is 10.8 Å². The fraction of sp³-hybridized carbons (Fsp3) is 0.455. The molecule has 0 saturated heterocycles. The van der Waals surface area contributed by atoms with Crippen molar-refractivity contribution < 1.29 is 9.59 Å². The molecule has 1 aliphatic carbocycles. The first kappa shape index (κ1) is 19.4. The number of nitrogens with one attached hydrogen (secondary N) is 2. The zero-order valence-corrected chi connectivity index (χ0v) is 15.7. The molecule has 144 valence electrons. The van der Waals surface area contributed by atoms with Crippen LogP contribution in [0.5, 0.6) is 0 Å². The lowest BCUT2D eigenvalue weighted by Crippen LogP contribution is -2.49. The van der Waals surface area contributed by atoms with Crippen LogP contribution in [-0.2, 0) is 16.0 Å². The third kappa shape index (κ3) is 5.30. The Labute approximate surface area is 160 Å². The summed E-state index contributed by atoms with van der Waals surface area (Å²) in [6.45, 7) is 0.438. The zero-order valence-electron chi connectivity index (χ0n) is 15.7. The highest BCUT2D eigenvalue weighted by Gasteiger charge is 2.24. The van der Waals surface area contributed by atoms with Gasteiger partial charge in [0.1, 0.15) is 0 Å². The molecular formula is C22H29N3O2. The van der Waals surface area contributed by atoms with E-state index in [2.05, 4.69) is 10.6 Å². The van der Waals surface area contributed by atoms with Crippen LogP contribution in [0.2, 0.25) is 0 Å². The summed E-state index contributed by atoms with van der Waals surface area (Å²) in [5, 5.41) is 7.92. The SMILES string of the molecule is NCC(NC(=O)CNC(=O)Cc1cccc2ccccc12)C1CCCCC1. The molecule has 2 aromatic rings. The first-order chi connectivity index (χ1) is 13.2. The number of carbonyl (C=O) groups is 2. The third-order valence-electron chi connectivity index (χ3n) is 5.50. The summed E-state index contributed by atoms with van der Waals surface area (Å²) in [5.41, 5.74) is 6.83. The van der Waals surface area contributed by atoms with Gasteiger partial charge in [-0.05, 0) is 35.1 Å². The van der Waals surface area contributed by atoms with Gasteiger partial charge >= 0.3 is 0 Å². The molecule has 3 rings (SSSR count). The van der Waals surface area contributed by atoms with E-state index >= 15 is 0 Å². The second-order valence-electron chi connectivity index (χ2n) is 7.40. The van der Waals surface area contributed by atoms with Crippen molar-refractivity contribution >= 4 is 22.6 Å². The second kappa shape index (κ2) is 9.51. The van der Waals surface area contributed by atoms with Crippen LogP contribution in [0.4, 0.5) is 0 Å². The Hall–Kier alpha value is -2.40. The predicted octanol–water partition coefficient (Wildman–Crippen LogP) is 2.52. The average molecular weight is 367 g/mol. The van der Waals surface area contributed by atoms with E-state index in [1.807, 2.05) is 42.5 Å². The van der Waals surface area contributed by atoms with Crippen molar-refractivity contribution in [2.75, 3.05) is 13.1 Å². The van der Waals surface area contributed by atoms with Gasteiger partial charge in [-0.25, -0.2) is 0 Å². The number of rotatable bonds is 7. The monoisotopic (exact) mass is 367 g/mol. The lowest BCUT2D eigenvalue weighted by Gasteiger charge is -2.30. The molecule has 1 fully saturated rings. The van der Waals surface area contributed by atoms with E-state index in [4.69, 9.17) is 5.73 Å². The number of hydrogen-bond donors (Lipinski definition) is 3. The minimum absolute atomic E-state index is 0.00712. The van der Waals surface area contributed by atoms with E-state index in [1.165, 1.54) is 19.3 Å². The molecule has 1 aliphatic rings. The maximum atomic E-state index is 12.3. The van der Waals surface area contributed by atoms with E-state index < -0.39 is 0 Å². The third-order valence-corrected chi connectivity index (χ3v) is 5.50. The first-order valence-electron chi connectivity index (χ1n) is 9.90. The van der Waals surface area contributed by atoms with Crippen LogP contribution in [0.3, 0.4) is 0 Å². The Bertz CT molecular complexity index is 779. The summed E-state index contributed by atoms with van der Waals surface area (Å²) in [7, 11) is 0. The standard InChI is InChI=1S/C22H29N3O2/c23-14-20(17-8-2-1-3-9-17)25-22(27)15-24-21(26)13-18-11-6-10-16-7-4-5-12-19(16)18/h4-7,10-12,17,20H,1-3,8-9,13-15,23H2,(H,24,26)(H,25,27). The highest BCUT2D eigenvalue weighted by atomic mass is 16.2. The largest absolute Gasteiger partial charge is 0.350 e. The van der Waals surface area contributed by atoms with Gasteiger partial charge in [0.05, 0.1) is 13.0 Å². The van der Waals surface area contributed by atoms with Crippen molar-refractivity contribution in [1.29, 1.82) is 0 Å². The van der Waals surface area contributed by atoms with E-state index in [0.29, 0.717) is 12.5 Å². The molecule has 27 heavy (non-hydrogen) atoms. The molecule has 0 radical (unpaired) electrons. The van der Waals surface area contributed by atoms with Gasteiger partial charge < -0.3 is 16.4 Å². The molecule has 0 heterocycles. The molecular weight excluding hydrogens is 338 g/mol. The average Bonchev–Trinajstić information content (AvgIpc) is 2.71. The van der Waals surface area contributed by atoms with Crippen molar-refractivity contribution in [1.82, 2.24) is 10.6 Å². The number of nitrogens with two attached hydrogens (primary N) is 1. The van der Waals surface area contributed by atoms with Crippen molar-refractivity contribution in [3.05, 3.63) is 48.0 Å². The number of fused-ring (bicyclic) bond motifs is 1. The molecule has 0 bridgehead atoms. The number of carbonyl (C=O) groups excluding carboxylic acids is 2. The number of amides is 2. The van der Waals surface area contributed by atoms with Crippen molar-refractivity contribution in [3.8, 4) is 0 Å². The predicted molar refractivity (Wildman–Crippen MR) is 108 cm³/mol. The van der Waals surface area contributed by atoms with E-state index in [1.54, 1.807) is 0 Å². The Morgan fingerprint density at radius 2 is 1.74 bits per heavy atom. The Kier molecular flexibility index (Phi) is 6.82. The fourth-order valence-electron chi connectivity index (χ4n) is 4.02. The highest BCUT2D eigenvalue weighted by Crippen LogP contribution is 2.26. The van der Waals surface area contributed by atoms with Gasteiger partial charge in [-0.15, -0.1) is 0 Å². The van der Waals surface area contributed by atoms with Crippen LogP contribution in [-0.4, -0.2) is 30.9 Å². The maximum Gasteiger partial charge on any atom is 0.239 e. The van der Waals surface area contributed by atoms with Gasteiger partial charge in [0.15, 0.2) is 0 Å². The molecule has 0 aromatic heterocycles. The molecule has 4 N–H and O–H groups in total. The van der Waals surface area contributed by atoms with Crippen LogP contribution in [0, 0.1) is 5.92 Å². The number of benzene rings is 2. The lowest BCUT2D eigenvalue weighted by atomic mass is 9.84. The van der Waals surface area contributed by atoms with E-state index in [-0.39, 0.29) is 30.8 Å². The van der Waals surface area contributed by atoms with Crippen LogP contribution >= 0.6 is 0 Å². The van der Waals surface area contributed by atoms with Gasteiger partial charge in [0.2, 0.25) is 11.8 Å². The van der Waals surface area contributed by atoms with Crippen LogP contribution in [0.15, 0.2) is 42.5 Å². The molecule has 5 heteroatoms. The van der Waals surface area contributed by atoms with Crippen molar-refractivity contribution in [3.63, 3.8) is 0 Å². The molecule has 1 unspecified atom stereocenters. The summed E-state index contributed by atoms with van der Waals surface area (Å²) < 4.78 is 0. The Morgan fingerprint density at radius 1 is 1.00 bits per heavy atom. The topological polar surface area (TPSA) is 84.2 Å². The Balaban J connectivity index is 1.50. The number of hydrogen-bond acceptors (Lipinski definition) is 3. The highest BCUT2D eigenvalue weighted by molar-refractivity contribution is 5.91. The summed E-state index contributed by atoms with van der Waals surface area (Å²) in [5.74, 6) is 0.143.